The lowest BCUT2D eigenvalue weighted by Crippen LogP contribution is -2.09. The van der Waals surface area contributed by atoms with Crippen LogP contribution in [0.15, 0.2) is 58.2 Å². The van der Waals surface area contributed by atoms with Crippen LogP contribution in [0.3, 0.4) is 0 Å². The minimum absolute atomic E-state index is 0.0423. The van der Waals surface area contributed by atoms with E-state index >= 15 is 0 Å². The van der Waals surface area contributed by atoms with Gasteiger partial charge in [-0.3, -0.25) is 0 Å². The molecule has 0 unspecified atom stereocenters. The zero-order valence-corrected chi connectivity index (χ0v) is 12.0. The van der Waals surface area contributed by atoms with Gasteiger partial charge in [-0.05, 0) is 24.1 Å². The van der Waals surface area contributed by atoms with Gasteiger partial charge in [-0.25, -0.2) is 8.42 Å². The number of rotatable bonds is 4. The molecular weight excluding hydrogens is 288 g/mol. The van der Waals surface area contributed by atoms with Crippen LogP contribution in [0.1, 0.15) is 5.56 Å². The van der Waals surface area contributed by atoms with E-state index in [4.69, 9.17) is 10.2 Å². The Morgan fingerprint density at radius 1 is 1.10 bits per heavy atom. The third kappa shape index (κ3) is 2.90. The predicted molar refractivity (Wildman–Crippen MR) is 80.6 cm³/mol. The number of benzene rings is 2. The number of hydrogen-bond donors (Lipinski definition) is 1. The molecule has 0 aliphatic carbocycles. The van der Waals surface area contributed by atoms with Crippen LogP contribution >= 0.6 is 0 Å². The molecule has 0 radical (unpaired) electrons. The highest BCUT2D eigenvalue weighted by Gasteiger charge is 2.21. The first-order valence-corrected chi connectivity index (χ1v) is 8.12. The topological polar surface area (TPSA) is 86.2 Å². The van der Waals surface area contributed by atoms with Crippen LogP contribution < -0.4 is 5.73 Å². The zero-order chi connectivity index (χ0) is 14.9. The van der Waals surface area contributed by atoms with Crippen molar-refractivity contribution in [1.82, 2.24) is 4.98 Å². The molecule has 1 aromatic heterocycles. The first-order chi connectivity index (χ1) is 10.0. The van der Waals surface area contributed by atoms with Gasteiger partial charge in [0.2, 0.25) is 9.84 Å². The molecule has 0 fully saturated rings. The fourth-order valence-corrected chi connectivity index (χ4v) is 3.17. The maximum atomic E-state index is 12.3. The highest BCUT2D eigenvalue weighted by Crippen LogP contribution is 2.22. The third-order valence-corrected chi connectivity index (χ3v) is 4.61. The summed E-state index contributed by atoms with van der Waals surface area (Å²) in [7, 11) is -3.55. The number of hydrogen-bond acceptors (Lipinski definition) is 5. The lowest BCUT2D eigenvalue weighted by atomic mass is 10.2. The van der Waals surface area contributed by atoms with Crippen LogP contribution in [0.25, 0.3) is 11.1 Å². The molecule has 3 rings (SSSR count). The summed E-state index contributed by atoms with van der Waals surface area (Å²) in [5.74, 6) is -0.0423. The van der Waals surface area contributed by atoms with Crippen LogP contribution in [0, 0.1) is 0 Å². The Morgan fingerprint density at radius 3 is 2.62 bits per heavy atom. The van der Waals surface area contributed by atoms with Crippen molar-refractivity contribution < 1.29 is 12.8 Å². The summed E-state index contributed by atoms with van der Waals surface area (Å²) in [6.45, 7) is 0. The summed E-state index contributed by atoms with van der Waals surface area (Å²) in [5.41, 5.74) is 7.98. The van der Waals surface area contributed by atoms with Crippen LogP contribution in [-0.4, -0.2) is 19.2 Å². The van der Waals surface area contributed by atoms with Crippen molar-refractivity contribution in [3.8, 4) is 0 Å². The maximum absolute atomic E-state index is 12.3. The summed E-state index contributed by atoms with van der Waals surface area (Å²) in [4.78, 5) is 4.03. The quantitative estimate of drug-likeness (QED) is 0.748. The Kier molecular flexibility index (Phi) is 3.39. The van der Waals surface area contributed by atoms with Crippen LogP contribution in [-0.2, 0) is 16.3 Å². The second-order valence-corrected chi connectivity index (χ2v) is 6.75. The summed E-state index contributed by atoms with van der Waals surface area (Å²) in [6, 6.07) is 14.3. The summed E-state index contributed by atoms with van der Waals surface area (Å²) >= 11 is 0. The van der Waals surface area contributed by atoms with Gasteiger partial charge in [0.25, 0.3) is 0 Å². The molecule has 0 spiro atoms. The molecule has 0 bridgehead atoms. The molecule has 2 aromatic carbocycles. The Labute approximate surface area is 122 Å². The van der Waals surface area contributed by atoms with E-state index in [9.17, 15) is 8.42 Å². The van der Waals surface area contributed by atoms with E-state index in [1.54, 1.807) is 18.2 Å². The largest absolute Gasteiger partial charge is 0.428 e. The molecule has 0 aliphatic heterocycles. The second kappa shape index (κ2) is 5.21. The summed E-state index contributed by atoms with van der Waals surface area (Å²) in [6.07, 6.45) is 0.421. The number of aromatic nitrogens is 1. The third-order valence-electron chi connectivity index (χ3n) is 3.16. The van der Waals surface area contributed by atoms with Crippen molar-refractivity contribution in [3.63, 3.8) is 0 Å². The minimum Gasteiger partial charge on any atom is -0.428 e. The Balaban J connectivity index is 1.86. The van der Waals surface area contributed by atoms with E-state index in [1.165, 1.54) is 0 Å². The van der Waals surface area contributed by atoms with Crippen LogP contribution in [0.5, 0.6) is 0 Å². The van der Waals surface area contributed by atoms with Gasteiger partial charge in [0.15, 0.2) is 5.58 Å². The molecule has 0 amide bonds. The number of nitrogens with zero attached hydrogens (tertiary/aromatic N) is 1. The lowest BCUT2D eigenvalue weighted by molar-refractivity contribution is 0.458. The van der Waals surface area contributed by atoms with E-state index in [1.807, 2.05) is 30.3 Å². The number of sulfone groups is 1. The van der Waals surface area contributed by atoms with Crippen LogP contribution in [0.2, 0.25) is 0 Å². The Morgan fingerprint density at radius 2 is 1.86 bits per heavy atom. The highest BCUT2D eigenvalue weighted by molar-refractivity contribution is 7.91. The van der Waals surface area contributed by atoms with Crippen molar-refractivity contribution in [2.24, 2.45) is 0 Å². The van der Waals surface area contributed by atoms with Gasteiger partial charge in [-0.1, -0.05) is 30.3 Å². The van der Waals surface area contributed by atoms with Gasteiger partial charge in [0.1, 0.15) is 5.52 Å². The zero-order valence-electron chi connectivity index (χ0n) is 11.2. The molecule has 0 saturated carbocycles. The smallest absolute Gasteiger partial charge is 0.316 e. The van der Waals surface area contributed by atoms with Crippen molar-refractivity contribution >= 4 is 26.6 Å². The van der Waals surface area contributed by atoms with Crippen molar-refractivity contribution in [3.05, 3.63) is 54.1 Å². The van der Waals surface area contributed by atoms with Crippen LogP contribution in [0.4, 0.5) is 5.69 Å². The molecule has 3 aromatic rings. The second-order valence-electron chi connectivity index (χ2n) is 4.76. The van der Waals surface area contributed by atoms with Crippen molar-refractivity contribution in [2.45, 2.75) is 11.6 Å². The lowest BCUT2D eigenvalue weighted by Gasteiger charge is -2.00. The normalized spacial score (nSPS) is 11.8. The highest BCUT2D eigenvalue weighted by atomic mass is 32.2. The number of oxazole rings is 1. The molecule has 0 atom stereocenters. The van der Waals surface area contributed by atoms with Gasteiger partial charge in [0.05, 0.1) is 5.75 Å². The minimum atomic E-state index is -3.55. The number of aryl methyl sites for hydroxylation is 1. The summed E-state index contributed by atoms with van der Waals surface area (Å²) < 4.78 is 29.9. The van der Waals surface area contributed by atoms with Gasteiger partial charge < -0.3 is 10.2 Å². The van der Waals surface area contributed by atoms with E-state index in [-0.39, 0.29) is 11.0 Å². The standard InChI is InChI=1S/C15H14N2O3S/c16-12-6-7-13-14(10-12)20-15(17-13)21(18,19)9-8-11-4-2-1-3-5-11/h1-7,10H,8-9,16H2. The Hall–Kier alpha value is -2.34. The maximum Gasteiger partial charge on any atom is 0.316 e. The van der Waals surface area contributed by atoms with Gasteiger partial charge in [-0.15, -0.1) is 0 Å². The van der Waals surface area contributed by atoms with E-state index in [0.29, 0.717) is 23.2 Å². The molecule has 5 nitrogen and oxygen atoms in total. The summed E-state index contributed by atoms with van der Waals surface area (Å²) in [5, 5.41) is -0.251. The van der Waals surface area contributed by atoms with E-state index in [2.05, 4.69) is 4.98 Å². The monoisotopic (exact) mass is 302 g/mol. The fourth-order valence-electron chi connectivity index (χ4n) is 2.04. The van der Waals surface area contributed by atoms with Crippen molar-refractivity contribution in [2.75, 3.05) is 11.5 Å². The Bertz CT molecular complexity index is 870. The molecule has 2 N–H and O–H groups in total. The fraction of sp³-hybridized carbons (Fsp3) is 0.133. The van der Waals surface area contributed by atoms with Gasteiger partial charge in [-0.2, -0.15) is 4.98 Å². The number of anilines is 1. The van der Waals surface area contributed by atoms with E-state index in [0.717, 1.165) is 5.56 Å². The molecule has 6 heteroatoms. The molecule has 0 saturated heterocycles. The number of fused-ring (bicyclic) bond motifs is 1. The average Bonchev–Trinajstić information content (AvgIpc) is 2.90. The molecule has 0 aliphatic rings. The number of nitrogens with two attached hydrogens (primary N) is 1. The first-order valence-electron chi connectivity index (χ1n) is 6.47. The van der Waals surface area contributed by atoms with Crippen molar-refractivity contribution in [1.29, 1.82) is 0 Å². The van der Waals surface area contributed by atoms with Gasteiger partial charge in [0, 0.05) is 11.8 Å². The molecular formula is C15H14N2O3S. The SMILES string of the molecule is Nc1ccc2nc(S(=O)(=O)CCc3ccccc3)oc2c1. The molecule has 21 heavy (non-hydrogen) atoms. The van der Waals surface area contributed by atoms with Gasteiger partial charge >= 0.3 is 5.22 Å². The molecule has 1 heterocycles. The number of nitrogen functional groups attached to an aromatic ring is 1. The average molecular weight is 302 g/mol. The molecule has 108 valence electrons. The predicted octanol–water partition coefficient (Wildman–Crippen LogP) is 2.43. The van der Waals surface area contributed by atoms with E-state index < -0.39 is 9.84 Å². The first kappa shape index (κ1) is 13.6.